The second-order valence-corrected chi connectivity index (χ2v) is 10.6. The van der Waals surface area contributed by atoms with Crippen LogP contribution in [0.5, 0.6) is 0 Å². The Hall–Kier alpha value is -0.0500. The summed E-state index contributed by atoms with van der Waals surface area (Å²) in [6.07, 6.45) is 3.57. The highest BCUT2D eigenvalue weighted by molar-refractivity contribution is 14.0. The first-order valence-corrected chi connectivity index (χ1v) is 9.90. The van der Waals surface area contributed by atoms with Gasteiger partial charge in [-0.15, -0.1) is 24.0 Å². The molecule has 1 aliphatic rings. The van der Waals surface area contributed by atoms with Crippen molar-refractivity contribution in [2.24, 2.45) is 16.8 Å². The van der Waals surface area contributed by atoms with E-state index in [9.17, 15) is 8.42 Å². The number of hydrogen-bond donors (Lipinski definition) is 2. The molecule has 1 saturated carbocycles. The molecule has 1 fully saturated rings. The topological polar surface area (TPSA) is 70.6 Å². The second-order valence-electron chi connectivity index (χ2n) is 7.69. The van der Waals surface area contributed by atoms with Gasteiger partial charge in [0.15, 0.2) is 15.8 Å². The van der Waals surface area contributed by atoms with E-state index in [1.807, 2.05) is 0 Å². The van der Waals surface area contributed by atoms with Gasteiger partial charge in [-0.2, -0.15) is 0 Å². The van der Waals surface area contributed by atoms with Crippen LogP contribution in [0, 0.1) is 11.8 Å². The van der Waals surface area contributed by atoms with Gasteiger partial charge in [-0.3, -0.25) is 4.99 Å². The van der Waals surface area contributed by atoms with Gasteiger partial charge < -0.3 is 10.6 Å². The van der Waals surface area contributed by atoms with Gasteiger partial charge in [0.05, 0.1) is 10.5 Å². The molecule has 1 aliphatic carbocycles. The molecule has 0 amide bonds. The molecule has 7 heteroatoms. The van der Waals surface area contributed by atoms with Crippen molar-refractivity contribution in [1.29, 1.82) is 0 Å². The Bertz CT molecular complexity index is 476. The minimum atomic E-state index is -3.10. The largest absolute Gasteiger partial charge is 0.355 e. The molecule has 2 N–H and O–H groups in total. The van der Waals surface area contributed by atoms with Crippen molar-refractivity contribution in [3.8, 4) is 0 Å². The summed E-state index contributed by atoms with van der Waals surface area (Å²) in [7, 11) is -1.37. The molecule has 0 saturated heterocycles. The van der Waals surface area contributed by atoms with Gasteiger partial charge in [0.25, 0.3) is 0 Å². The second kappa shape index (κ2) is 9.44. The first-order chi connectivity index (χ1) is 10.0. The molecule has 0 aromatic carbocycles. The third-order valence-corrected chi connectivity index (χ3v) is 6.95. The highest BCUT2D eigenvalue weighted by atomic mass is 127. The Morgan fingerprint density at radius 2 is 1.65 bits per heavy atom. The van der Waals surface area contributed by atoms with Crippen molar-refractivity contribution in [1.82, 2.24) is 10.6 Å². The fourth-order valence-electron chi connectivity index (χ4n) is 3.06. The van der Waals surface area contributed by atoms with Crippen LogP contribution in [0.2, 0.25) is 0 Å². The quantitative estimate of drug-likeness (QED) is 0.386. The lowest BCUT2D eigenvalue weighted by Gasteiger charge is -2.33. The van der Waals surface area contributed by atoms with E-state index < -0.39 is 14.6 Å². The molecule has 2 unspecified atom stereocenters. The van der Waals surface area contributed by atoms with Crippen molar-refractivity contribution in [2.45, 2.75) is 64.7 Å². The zero-order chi connectivity index (χ0) is 17.0. The van der Waals surface area contributed by atoms with Gasteiger partial charge in [0.1, 0.15) is 0 Å². The summed E-state index contributed by atoms with van der Waals surface area (Å²) in [5.41, 5.74) is 0. The SMILES string of the molecule is CN=C(NCCS(=O)(=O)C(C)(C)C)NC1CC(C)CC(C)C1.I. The molecule has 0 spiro atoms. The highest BCUT2D eigenvalue weighted by Gasteiger charge is 2.28. The molecule has 0 radical (unpaired) electrons. The number of nitrogens with one attached hydrogen (secondary N) is 2. The molecule has 0 aromatic heterocycles. The van der Waals surface area contributed by atoms with Crippen molar-refractivity contribution in [3.63, 3.8) is 0 Å². The zero-order valence-electron chi connectivity index (χ0n) is 15.3. The standard InChI is InChI=1S/C16H33N3O2S.HI/c1-12-9-13(2)11-14(10-12)19-15(17-6)18-7-8-22(20,21)16(3,4)5;/h12-14H,7-11H2,1-6H3,(H2,17,18,19);1H. The first-order valence-electron chi connectivity index (χ1n) is 8.24. The van der Waals surface area contributed by atoms with E-state index in [0.29, 0.717) is 18.5 Å². The average molecular weight is 459 g/mol. The molecule has 0 aliphatic heterocycles. The minimum absolute atomic E-state index is 0. The third-order valence-electron chi connectivity index (χ3n) is 4.34. The predicted octanol–water partition coefficient (Wildman–Crippen LogP) is 2.81. The van der Waals surface area contributed by atoms with Crippen LogP contribution in [-0.2, 0) is 9.84 Å². The summed E-state index contributed by atoms with van der Waals surface area (Å²) >= 11 is 0. The van der Waals surface area contributed by atoms with Crippen LogP contribution in [0.3, 0.4) is 0 Å². The fourth-order valence-corrected chi connectivity index (χ4v) is 4.05. The van der Waals surface area contributed by atoms with Crippen molar-refractivity contribution in [3.05, 3.63) is 0 Å². The predicted molar refractivity (Wildman–Crippen MR) is 109 cm³/mol. The summed E-state index contributed by atoms with van der Waals surface area (Å²) in [6, 6.07) is 0.421. The number of halogens is 1. The van der Waals surface area contributed by atoms with E-state index in [0.717, 1.165) is 24.7 Å². The Morgan fingerprint density at radius 3 is 2.09 bits per heavy atom. The summed E-state index contributed by atoms with van der Waals surface area (Å²) in [5, 5.41) is 6.57. The normalized spacial score (nSPS) is 26.3. The fraction of sp³-hybridized carbons (Fsp3) is 0.938. The van der Waals surface area contributed by atoms with E-state index in [4.69, 9.17) is 0 Å². The van der Waals surface area contributed by atoms with Gasteiger partial charge in [0.2, 0.25) is 0 Å². The summed E-state index contributed by atoms with van der Waals surface area (Å²) in [4.78, 5) is 4.21. The van der Waals surface area contributed by atoms with Gasteiger partial charge in [-0.25, -0.2) is 8.42 Å². The van der Waals surface area contributed by atoms with Crippen molar-refractivity contribution < 1.29 is 8.42 Å². The van der Waals surface area contributed by atoms with Gasteiger partial charge in [-0.1, -0.05) is 13.8 Å². The molecule has 5 nitrogen and oxygen atoms in total. The molecule has 138 valence electrons. The highest BCUT2D eigenvalue weighted by Crippen LogP contribution is 2.28. The van der Waals surface area contributed by atoms with Gasteiger partial charge in [0, 0.05) is 19.6 Å². The third kappa shape index (κ3) is 7.58. The van der Waals surface area contributed by atoms with Crippen LogP contribution in [0.15, 0.2) is 4.99 Å². The van der Waals surface area contributed by atoms with Crippen molar-refractivity contribution in [2.75, 3.05) is 19.3 Å². The van der Waals surface area contributed by atoms with Crippen LogP contribution in [0.25, 0.3) is 0 Å². The van der Waals surface area contributed by atoms with Crippen LogP contribution in [0.1, 0.15) is 53.9 Å². The molecule has 0 aromatic rings. The molecular weight excluding hydrogens is 425 g/mol. The van der Waals surface area contributed by atoms with E-state index in [1.165, 1.54) is 6.42 Å². The minimum Gasteiger partial charge on any atom is -0.355 e. The molecule has 0 heterocycles. The van der Waals surface area contributed by atoms with Crippen LogP contribution < -0.4 is 10.6 Å². The smallest absolute Gasteiger partial charge is 0.191 e. The lowest BCUT2D eigenvalue weighted by Crippen LogP contribution is -2.47. The zero-order valence-corrected chi connectivity index (χ0v) is 18.5. The molecule has 23 heavy (non-hydrogen) atoms. The van der Waals surface area contributed by atoms with Gasteiger partial charge >= 0.3 is 0 Å². The molecular formula is C16H34IN3O2S. The lowest BCUT2D eigenvalue weighted by molar-refractivity contribution is 0.255. The Balaban J connectivity index is 0.00000484. The van der Waals surface area contributed by atoms with Crippen molar-refractivity contribution >= 4 is 39.8 Å². The summed E-state index contributed by atoms with van der Waals surface area (Å²) < 4.78 is 23.5. The maximum atomic E-state index is 12.1. The van der Waals surface area contributed by atoms with Gasteiger partial charge in [-0.05, 0) is 51.9 Å². The number of rotatable bonds is 4. The lowest BCUT2D eigenvalue weighted by atomic mass is 9.80. The molecule has 0 bridgehead atoms. The van der Waals surface area contributed by atoms with Crippen LogP contribution >= 0.6 is 24.0 Å². The number of nitrogens with zero attached hydrogens (tertiary/aromatic N) is 1. The maximum absolute atomic E-state index is 12.1. The Kier molecular flexibility index (Phi) is 9.42. The Labute approximate surface area is 159 Å². The number of aliphatic imine (C=N–C) groups is 1. The maximum Gasteiger partial charge on any atom is 0.191 e. The number of hydrogen-bond acceptors (Lipinski definition) is 3. The summed E-state index contributed by atoms with van der Waals surface area (Å²) in [5.74, 6) is 2.27. The van der Waals surface area contributed by atoms with E-state index >= 15 is 0 Å². The van der Waals surface area contributed by atoms with Crippen LogP contribution in [-0.4, -0.2) is 44.5 Å². The van der Waals surface area contributed by atoms with E-state index in [2.05, 4.69) is 29.5 Å². The van der Waals surface area contributed by atoms with E-state index in [-0.39, 0.29) is 29.7 Å². The summed E-state index contributed by atoms with van der Waals surface area (Å²) in [6.45, 7) is 10.2. The number of sulfone groups is 1. The van der Waals surface area contributed by atoms with E-state index in [1.54, 1.807) is 27.8 Å². The molecule has 2 atom stereocenters. The number of guanidine groups is 1. The molecule has 1 rings (SSSR count). The van der Waals surface area contributed by atoms with Crippen LogP contribution in [0.4, 0.5) is 0 Å². The average Bonchev–Trinajstić information content (AvgIpc) is 2.34. The monoisotopic (exact) mass is 459 g/mol. The first kappa shape index (κ1) is 22.9. The Morgan fingerprint density at radius 1 is 1.13 bits per heavy atom.